The minimum atomic E-state index is -0.0612. The number of anilines is 1. The van der Waals surface area contributed by atoms with Crippen LogP contribution in [0.3, 0.4) is 0 Å². The van der Waals surface area contributed by atoms with Crippen LogP contribution in [0.2, 0.25) is 0 Å². The van der Waals surface area contributed by atoms with Gasteiger partial charge in [-0.15, -0.1) is 0 Å². The molecule has 0 aliphatic carbocycles. The summed E-state index contributed by atoms with van der Waals surface area (Å²) >= 11 is 0. The topological polar surface area (TPSA) is 74.7 Å². The first-order chi connectivity index (χ1) is 15.7. The zero-order valence-corrected chi connectivity index (χ0v) is 18.1. The van der Waals surface area contributed by atoms with Gasteiger partial charge < -0.3 is 20.1 Å². The molecule has 6 heteroatoms. The molecule has 2 aliphatic rings. The van der Waals surface area contributed by atoms with Gasteiger partial charge in [0.25, 0.3) is 0 Å². The maximum Gasteiger partial charge on any atom is 0.227 e. The Morgan fingerprint density at radius 1 is 1.16 bits per heavy atom. The van der Waals surface area contributed by atoms with Crippen LogP contribution in [0.4, 0.5) is 5.69 Å². The van der Waals surface area contributed by atoms with Crippen molar-refractivity contribution in [3.63, 3.8) is 0 Å². The molecule has 3 heterocycles. The molecule has 1 amide bonds. The highest BCUT2D eigenvalue weighted by Crippen LogP contribution is 2.47. The van der Waals surface area contributed by atoms with E-state index in [1.54, 1.807) is 19.5 Å². The van der Waals surface area contributed by atoms with Gasteiger partial charge in [0.2, 0.25) is 5.91 Å². The molecule has 1 fully saturated rings. The highest BCUT2D eigenvalue weighted by Gasteiger charge is 2.45. The molecule has 0 spiro atoms. The lowest BCUT2D eigenvalue weighted by Crippen LogP contribution is -2.43. The fraction of sp³-hybridized carbons (Fsp3) is 0.308. The highest BCUT2D eigenvalue weighted by molar-refractivity contribution is 5.81. The minimum Gasteiger partial charge on any atom is -0.497 e. The molecule has 5 rings (SSSR count). The summed E-state index contributed by atoms with van der Waals surface area (Å²) in [6.07, 6.45) is 4.66. The van der Waals surface area contributed by atoms with E-state index in [2.05, 4.69) is 34.6 Å². The number of ether oxygens (including phenoxy) is 1. The molecule has 2 aliphatic heterocycles. The van der Waals surface area contributed by atoms with E-state index in [1.165, 1.54) is 0 Å². The molecular formula is C26H27N3O3. The van der Waals surface area contributed by atoms with Gasteiger partial charge in [-0.2, -0.15) is 0 Å². The van der Waals surface area contributed by atoms with Gasteiger partial charge in [0.05, 0.1) is 32.2 Å². The van der Waals surface area contributed by atoms with Crippen molar-refractivity contribution in [1.82, 2.24) is 9.88 Å². The monoisotopic (exact) mass is 429 g/mol. The van der Waals surface area contributed by atoms with Gasteiger partial charge in [0.15, 0.2) is 0 Å². The molecule has 0 bridgehead atoms. The minimum absolute atomic E-state index is 0.0463. The molecule has 0 radical (unpaired) electrons. The van der Waals surface area contributed by atoms with E-state index in [0.717, 1.165) is 40.1 Å². The predicted molar refractivity (Wildman–Crippen MR) is 123 cm³/mol. The van der Waals surface area contributed by atoms with Crippen LogP contribution in [0, 0.1) is 5.92 Å². The third-order valence-electron chi connectivity index (χ3n) is 6.70. The Hall–Kier alpha value is -3.38. The van der Waals surface area contributed by atoms with E-state index >= 15 is 0 Å². The van der Waals surface area contributed by atoms with Crippen LogP contribution >= 0.6 is 0 Å². The highest BCUT2D eigenvalue weighted by atomic mass is 16.5. The Morgan fingerprint density at radius 2 is 1.97 bits per heavy atom. The summed E-state index contributed by atoms with van der Waals surface area (Å²) in [6.45, 7) is 0.741. The van der Waals surface area contributed by atoms with Crippen molar-refractivity contribution >= 4 is 11.6 Å². The normalized spacial score (nSPS) is 21.4. The number of carbonyl (C=O) groups is 1. The van der Waals surface area contributed by atoms with Crippen LogP contribution in [0.25, 0.3) is 11.1 Å². The first-order valence-electron chi connectivity index (χ1n) is 11.0. The average Bonchev–Trinajstić information content (AvgIpc) is 3.30. The maximum absolute atomic E-state index is 13.3. The SMILES string of the molecule is COc1cccc(-c2ccc3c(c2)[C@@H]2[C@@H](CCN2C(=O)Cc2ccncc2)[C@H](CO)N3)c1. The van der Waals surface area contributed by atoms with Gasteiger partial charge in [-0.3, -0.25) is 9.78 Å². The summed E-state index contributed by atoms with van der Waals surface area (Å²) in [5, 5.41) is 13.5. The summed E-state index contributed by atoms with van der Waals surface area (Å²) in [4.78, 5) is 19.4. The standard InChI is InChI=1S/C26H27N3O3/c1-32-20-4-2-3-18(14-20)19-5-6-23-22(15-19)26-21(24(16-30)28-23)9-12-29(26)25(31)13-17-7-10-27-11-8-17/h2-8,10-11,14-15,21,24,26,28,30H,9,12-13,16H2,1H3/t21-,24-,26-/m0/s1. The maximum atomic E-state index is 13.3. The van der Waals surface area contributed by atoms with Gasteiger partial charge in [-0.1, -0.05) is 18.2 Å². The summed E-state index contributed by atoms with van der Waals surface area (Å²) < 4.78 is 5.39. The third kappa shape index (κ3) is 3.71. The van der Waals surface area contributed by atoms with Crippen molar-refractivity contribution < 1.29 is 14.6 Å². The Morgan fingerprint density at radius 3 is 2.75 bits per heavy atom. The Balaban J connectivity index is 1.51. The number of benzene rings is 2. The van der Waals surface area contributed by atoms with Crippen LogP contribution in [0.1, 0.15) is 23.6 Å². The smallest absolute Gasteiger partial charge is 0.227 e. The number of methoxy groups -OCH3 is 1. The number of aliphatic hydroxyl groups excluding tert-OH is 1. The number of likely N-dealkylation sites (tertiary alicyclic amines) is 1. The number of amides is 1. The lowest BCUT2D eigenvalue weighted by molar-refractivity contribution is -0.131. The van der Waals surface area contributed by atoms with Crippen molar-refractivity contribution in [3.05, 3.63) is 78.1 Å². The molecule has 3 atom stereocenters. The number of aromatic nitrogens is 1. The van der Waals surface area contributed by atoms with E-state index in [9.17, 15) is 9.90 Å². The number of hydrogen-bond acceptors (Lipinski definition) is 5. The Labute approximate surface area is 187 Å². The van der Waals surface area contributed by atoms with Crippen LogP contribution < -0.4 is 10.1 Å². The average molecular weight is 430 g/mol. The molecule has 1 aromatic heterocycles. The van der Waals surface area contributed by atoms with E-state index < -0.39 is 0 Å². The fourth-order valence-electron chi connectivity index (χ4n) is 5.10. The van der Waals surface area contributed by atoms with Crippen LogP contribution in [-0.2, 0) is 11.2 Å². The molecule has 3 aromatic rings. The van der Waals surface area contributed by atoms with Crippen molar-refractivity contribution in [1.29, 1.82) is 0 Å². The third-order valence-corrected chi connectivity index (χ3v) is 6.70. The number of pyridine rings is 1. The van der Waals surface area contributed by atoms with Crippen molar-refractivity contribution in [2.75, 3.05) is 25.6 Å². The largest absolute Gasteiger partial charge is 0.497 e. The first kappa shape index (κ1) is 20.5. The zero-order valence-electron chi connectivity index (χ0n) is 18.1. The van der Waals surface area contributed by atoms with Crippen LogP contribution in [-0.4, -0.2) is 47.2 Å². The molecule has 0 saturated carbocycles. The second kappa shape index (κ2) is 8.63. The van der Waals surface area contributed by atoms with E-state index in [-0.39, 0.29) is 30.5 Å². The Bertz CT molecular complexity index is 1120. The zero-order chi connectivity index (χ0) is 22.1. The van der Waals surface area contributed by atoms with Crippen LogP contribution in [0.15, 0.2) is 67.0 Å². The second-order valence-electron chi connectivity index (χ2n) is 8.48. The summed E-state index contributed by atoms with van der Waals surface area (Å²) in [7, 11) is 1.67. The van der Waals surface area contributed by atoms with E-state index in [0.29, 0.717) is 13.0 Å². The van der Waals surface area contributed by atoms with Crippen molar-refractivity contribution in [2.45, 2.75) is 24.9 Å². The number of rotatable bonds is 5. The summed E-state index contributed by atoms with van der Waals surface area (Å²) in [5.74, 6) is 1.10. The van der Waals surface area contributed by atoms with Gasteiger partial charge >= 0.3 is 0 Å². The number of aliphatic hydroxyl groups is 1. The Kier molecular flexibility index (Phi) is 5.53. The van der Waals surface area contributed by atoms with Gasteiger partial charge in [0, 0.05) is 30.5 Å². The quantitative estimate of drug-likeness (QED) is 0.647. The molecule has 2 aromatic carbocycles. The van der Waals surface area contributed by atoms with E-state index in [4.69, 9.17) is 4.74 Å². The predicted octanol–water partition coefficient (Wildman–Crippen LogP) is 3.68. The molecule has 32 heavy (non-hydrogen) atoms. The second-order valence-corrected chi connectivity index (χ2v) is 8.48. The molecule has 1 saturated heterocycles. The van der Waals surface area contributed by atoms with Crippen LogP contribution in [0.5, 0.6) is 5.75 Å². The number of carbonyl (C=O) groups excluding carboxylic acids is 1. The fourth-order valence-corrected chi connectivity index (χ4v) is 5.10. The van der Waals surface area contributed by atoms with Gasteiger partial charge in [-0.25, -0.2) is 0 Å². The van der Waals surface area contributed by atoms with Gasteiger partial charge in [0.1, 0.15) is 5.75 Å². The number of nitrogens with one attached hydrogen (secondary N) is 1. The molecule has 6 nitrogen and oxygen atoms in total. The lowest BCUT2D eigenvalue weighted by atomic mass is 9.82. The lowest BCUT2D eigenvalue weighted by Gasteiger charge is -2.39. The first-order valence-corrected chi connectivity index (χ1v) is 11.0. The molecular weight excluding hydrogens is 402 g/mol. The van der Waals surface area contributed by atoms with E-state index in [1.807, 2.05) is 35.2 Å². The molecule has 2 N–H and O–H groups in total. The molecule has 0 unspecified atom stereocenters. The number of fused-ring (bicyclic) bond motifs is 3. The number of nitrogens with zero attached hydrogens (tertiary/aromatic N) is 2. The summed E-state index contributed by atoms with van der Waals surface area (Å²) in [6, 6.07) is 18.0. The van der Waals surface area contributed by atoms with Gasteiger partial charge in [-0.05, 0) is 65.1 Å². The number of hydrogen-bond donors (Lipinski definition) is 2. The van der Waals surface area contributed by atoms with Crippen molar-refractivity contribution in [3.8, 4) is 16.9 Å². The molecule has 164 valence electrons. The summed E-state index contributed by atoms with van der Waals surface area (Å²) in [5.41, 5.74) is 5.22. The van der Waals surface area contributed by atoms with Crippen molar-refractivity contribution in [2.24, 2.45) is 5.92 Å².